The quantitative estimate of drug-likeness (QED) is 0.809. The van der Waals surface area contributed by atoms with Crippen LogP contribution in [0.2, 0.25) is 0 Å². The topological polar surface area (TPSA) is 30.0 Å². The molecule has 0 N–H and O–H groups in total. The monoisotopic (exact) mass is 303 g/mol. The van der Waals surface area contributed by atoms with Gasteiger partial charge >= 0.3 is 0 Å². The fourth-order valence-corrected chi connectivity index (χ4v) is 3.01. The number of aromatic nitrogens is 1. The lowest BCUT2D eigenvalue weighted by Gasteiger charge is -2.10. The number of hydrogen-bond acceptors (Lipinski definition) is 2. The van der Waals surface area contributed by atoms with Gasteiger partial charge in [0.25, 0.3) is 0 Å². The van der Waals surface area contributed by atoms with Gasteiger partial charge in [-0.15, -0.1) is 0 Å². The van der Waals surface area contributed by atoms with E-state index in [1.165, 1.54) is 10.9 Å². The number of nitrogens with zero attached hydrogens (tertiary/aromatic N) is 1. The van der Waals surface area contributed by atoms with E-state index < -0.39 is 0 Å². The summed E-state index contributed by atoms with van der Waals surface area (Å²) in [5.74, 6) is 0.673. The summed E-state index contributed by atoms with van der Waals surface area (Å²) in [4.78, 5) is 16.1. The molecule has 3 heteroatoms. The van der Waals surface area contributed by atoms with E-state index in [9.17, 15) is 4.79 Å². The fourth-order valence-electron chi connectivity index (χ4n) is 2.28. The van der Waals surface area contributed by atoms with Crippen LogP contribution in [0.5, 0.6) is 0 Å². The average molecular weight is 304 g/mol. The highest BCUT2D eigenvalue weighted by Gasteiger charge is 2.33. The Hall–Kier alpha value is -1.22. The number of carbonyl (C=O) groups excluding carboxylic acids is 1. The number of rotatable bonds is 4. The molecule has 3 rings (SSSR count). The summed E-state index contributed by atoms with van der Waals surface area (Å²) in [5.41, 5.74) is 1.21. The minimum atomic E-state index is -0.0521. The number of hydrogen-bond donors (Lipinski definition) is 0. The van der Waals surface area contributed by atoms with Crippen LogP contribution >= 0.6 is 15.9 Å². The molecule has 1 fully saturated rings. The van der Waals surface area contributed by atoms with Crippen molar-refractivity contribution in [3.63, 3.8) is 0 Å². The Bertz CT molecular complexity index is 587. The van der Waals surface area contributed by atoms with E-state index in [1.54, 1.807) is 6.20 Å². The smallest absolute Gasteiger partial charge is 0.149 e. The second kappa shape index (κ2) is 4.81. The maximum Gasteiger partial charge on any atom is 0.149 e. The second-order valence-electron chi connectivity index (χ2n) is 4.86. The first-order chi connectivity index (χ1) is 8.75. The predicted octanol–water partition coefficient (Wildman–Crippen LogP) is 3.52. The molecular formula is C15H14BrNO. The summed E-state index contributed by atoms with van der Waals surface area (Å²) in [5, 5.41) is 2.33. The van der Waals surface area contributed by atoms with Crippen LogP contribution in [0.3, 0.4) is 0 Å². The largest absolute Gasteiger partial charge is 0.298 e. The number of Topliss-reactive ketones (excluding diaryl/α,β-unsaturated/α-hetero) is 1. The number of ketones is 1. The molecule has 1 heterocycles. The second-order valence-corrected chi connectivity index (χ2v) is 5.97. The van der Waals surface area contributed by atoms with Gasteiger partial charge in [-0.3, -0.25) is 9.78 Å². The molecule has 92 valence electrons. The Morgan fingerprint density at radius 2 is 2.22 bits per heavy atom. The first-order valence-corrected chi connectivity index (χ1v) is 7.16. The molecule has 0 bridgehead atoms. The van der Waals surface area contributed by atoms with Gasteiger partial charge in [0, 0.05) is 23.7 Å². The molecule has 1 saturated carbocycles. The first-order valence-electron chi connectivity index (χ1n) is 6.25. The van der Waals surface area contributed by atoms with E-state index in [1.807, 2.05) is 18.3 Å². The molecule has 2 nitrogen and oxygen atoms in total. The number of alkyl halides is 1. The number of benzene rings is 1. The highest BCUT2D eigenvalue weighted by atomic mass is 79.9. The lowest BCUT2D eigenvalue weighted by atomic mass is 10.00. The molecule has 0 aliphatic heterocycles. The van der Waals surface area contributed by atoms with E-state index in [4.69, 9.17) is 0 Å². The lowest BCUT2D eigenvalue weighted by Crippen LogP contribution is -2.18. The van der Waals surface area contributed by atoms with Crippen molar-refractivity contribution in [1.82, 2.24) is 4.98 Å². The summed E-state index contributed by atoms with van der Waals surface area (Å²) in [7, 11) is 0. The van der Waals surface area contributed by atoms with Gasteiger partial charge in [0.05, 0.1) is 4.83 Å². The van der Waals surface area contributed by atoms with Crippen LogP contribution in [-0.4, -0.2) is 15.6 Å². The van der Waals surface area contributed by atoms with Crippen LogP contribution in [-0.2, 0) is 11.2 Å². The van der Waals surface area contributed by atoms with Gasteiger partial charge in [-0.25, -0.2) is 0 Å². The van der Waals surface area contributed by atoms with Crippen LogP contribution in [0.4, 0.5) is 0 Å². The molecule has 1 unspecified atom stereocenters. The van der Waals surface area contributed by atoms with Gasteiger partial charge in [-0.1, -0.05) is 34.1 Å². The van der Waals surface area contributed by atoms with Crippen LogP contribution in [0.25, 0.3) is 10.8 Å². The van der Waals surface area contributed by atoms with Gasteiger partial charge in [0.15, 0.2) is 0 Å². The standard InChI is InChI=1S/C15H14BrNO/c16-14(15(18)10-4-5-10)8-11-2-1-3-12-9-17-7-6-13(11)12/h1-3,6-7,9-10,14H,4-5,8H2. The first kappa shape index (κ1) is 11.8. The minimum absolute atomic E-state index is 0.0521. The van der Waals surface area contributed by atoms with Crippen molar-refractivity contribution >= 4 is 32.5 Å². The molecule has 18 heavy (non-hydrogen) atoms. The Morgan fingerprint density at radius 3 is 3.00 bits per heavy atom. The number of carbonyl (C=O) groups is 1. The summed E-state index contributed by atoms with van der Waals surface area (Å²) < 4.78 is 0. The Labute approximate surface area is 115 Å². The molecule has 0 radical (unpaired) electrons. The SMILES string of the molecule is O=C(C(Br)Cc1cccc2cnccc12)C1CC1. The molecule has 1 atom stereocenters. The third kappa shape index (κ3) is 2.32. The number of fused-ring (bicyclic) bond motifs is 1. The fraction of sp³-hybridized carbons (Fsp3) is 0.333. The van der Waals surface area contributed by atoms with Crippen LogP contribution in [0.1, 0.15) is 18.4 Å². The summed E-state index contributed by atoms with van der Waals surface area (Å²) in [6.07, 6.45) is 6.57. The third-order valence-corrected chi connectivity index (χ3v) is 4.23. The van der Waals surface area contributed by atoms with E-state index in [-0.39, 0.29) is 4.83 Å². The lowest BCUT2D eigenvalue weighted by molar-refractivity contribution is -0.119. The summed E-state index contributed by atoms with van der Waals surface area (Å²) >= 11 is 3.54. The van der Waals surface area contributed by atoms with Gasteiger partial charge in [-0.2, -0.15) is 0 Å². The van der Waals surface area contributed by atoms with Gasteiger partial charge in [0.1, 0.15) is 5.78 Å². The number of pyridine rings is 1. The highest BCUT2D eigenvalue weighted by molar-refractivity contribution is 9.10. The molecule has 0 amide bonds. The van der Waals surface area contributed by atoms with Crippen molar-refractivity contribution in [2.45, 2.75) is 24.1 Å². The Morgan fingerprint density at radius 1 is 1.39 bits per heavy atom. The summed E-state index contributed by atoms with van der Waals surface area (Å²) in [6, 6.07) is 8.20. The number of halogens is 1. The van der Waals surface area contributed by atoms with E-state index in [0.29, 0.717) is 11.7 Å². The Kier molecular flexibility index (Phi) is 3.16. The van der Waals surface area contributed by atoms with Crippen molar-refractivity contribution < 1.29 is 4.79 Å². The third-order valence-electron chi connectivity index (χ3n) is 3.46. The Balaban J connectivity index is 1.87. The zero-order chi connectivity index (χ0) is 12.5. The highest BCUT2D eigenvalue weighted by Crippen LogP contribution is 2.33. The molecule has 2 aromatic rings. The van der Waals surface area contributed by atoms with Crippen LogP contribution in [0.15, 0.2) is 36.7 Å². The van der Waals surface area contributed by atoms with Gasteiger partial charge in [-0.05, 0) is 36.3 Å². The van der Waals surface area contributed by atoms with Gasteiger partial charge < -0.3 is 0 Å². The van der Waals surface area contributed by atoms with Crippen LogP contribution < -0.4 is 0 Å². The van der Waals surface area contributed by atoms with Crippen molar-refractivity contribution in [1.29, 1.82) is 0 Å². The van der Waals surface area contributed by atoms with Crippen LogP contribution in [0, 0.1) is 5.92 Å². The zero-order valence-corrected chi connectivity index (χ0v) is 11.6. The average Bonchev–Trinajstić information content (AvgIpc) is 3.22. The summed E-state index contributed by atoms with van der Waals surface area (Å²) in [6.45, 7) is 0. The van der Waals surface area contributed by atoms with Gasteiger partial charge in [0.2, 0.25) is 0 Å². The minimum Gasteiger partial charge on any atom is -0.298 e. The van der Waals surface area contributed by atoms with E-state index in [0.717, 1.165) is 24.6 Å². The maximum atomic E-state index is 12.0. The molecule has 1 aromatic heterocycles. The van der Waals surface area contributed by atoms with Crippen molar-refractivity contribution in [3.05, 3.63) is 42.2 Å². The van der Waals surface area contributed by atoms with E-state index >= 15 is 0 Å². The van der Waals surface area contributed by atoms with Crippen molar-refractivity contribution in [2.75, 3.05) is 0 Å². The zero-order valence-electron chi connectivity index (χ0n) is 9.97. The normalized spacial score (nSPS) is 16.7. The maximum absolute atomic E-state index is 12.0. The molecule has 0 saturated heterocycles. The molecule has 1 aliphatic carbocycles. The van der Waals surface area contributed by atoms with Crippen molar-refractivity contribution in [3.8, 4) is 0 Å². The molecule has 1 aromatic carbocycles. The molecule has 0 spiro atoms. The predicted molar refractivity (Wildman–Crippen MR) is 75.9 cm³/mol. The molecule has 1 aliphatic rings. The molecular weight excluding hydrogens is 290 g/mol. The van der Waals surface area contributed by atoms with Crippen molar-refractivity contribution in [2.24, 2.45) is 5.92 Å². The van der Waals surface area contributed by atoms with E-state index in [2.05, 4.69) is 33.0 Å².